The van der Waals surface area contributed by atoms with Gasteiger partial charge in [0.2, 0.25) is 5.91 Å². The van der Waals surface area contributed by atoms with E-state index in [9.17, 15) is 4.79 Å². The van der Waals surface area contributed by atoms with Gasteiger partial charge < -0.3 is 5.32 Å². The summed E-state index contributed by atoms with van der Waals surface area (Å²) in [6, 6.07) is 15.9. The molecule has 1 saturated carbocycles. The SMILES string of the molecule is O=C1Nc2ccc(Cl)cc2[C@@]12C[C@@H]2c1ccccc1. The van der Waals surface area contributed by atoms with Crippen LogP contribution in [0.4, 0.5) is 5.69 Å². The molecular formula is C16H12ClNO. The van der Waals surface area contributed by atoms with Crippen LogP contribution < -0.4 is 5.32 Å². The molecule has 2 aromatic rings. The largest absolute Gasteiger partial charge is 0.325 e. The zero-order valence-electron chi connectivity index (χ0n) is 10.2. The molecule has 1 spiro atoms. The number of carbonyl (C=O) groups excluding carboxylic acids is 1. The van der Waals surface area contributed by atoms with Crippen LogP contribution in [0.3, 0.4) is 0 Å². The fraction of sp³-hybridized carbons (Fsp3) is 0.188. The Bertz CT molecular complexity index is 682. The first kappa shape index (κ1) is 11.1. The van der Waals surface area contributed by atoms with E-state index >= 15 is 0 Å². The number of benzene rings is 2. The third-order valence-corrected chi connectivity index (χ3v) is 4.51. The number of anilines is 1. The van der Waals surface area contributed by atoms with Crippen molar-refractivity contribution in [1.29, 1.82) is 0 Å². The highest BCUT2D eigenvalue weighted by Gasteiger charge is 2.65. The van der Waals surface area contributed by atoms with Crippen LogP contribution in [0.5, 0.6) is 0 Å². The summed E-state index contributed by atoms with van der Waals surface area (Å²) >= 11 is 6.08. The van der Waals surface area contributed by atoms with Gasteiger partial charge in [-0.05, 0) is 35.7 Å². The molecule has 4 rings (SSSR count). The molecule has 0 unspecified atom stereocenters. The average molecular weight is 270 g/mol. The number of carbonyl (C=O) groups is 1. The van der Waals surface area contributed by atoms with Gasteiger partial charge >= 0.3 is 0 Å². The zero-order chi connectivity index (χ0) is 13.0. The number of hydrogen-bond donors (Lipinski definition) is 1. The first-order valence-corrected chi connectivity index (χ1v) is 6.76. The molecule has 0 radical (unpaired) electrons. The van der Waals surface area contributed by atoms with E-state index in [1.807, 2.05) is 36.4 Å². The molecule has 1 amide bonds. The minimum absolute atomic E-state index is 0.110. The van der Waals surface area contributed by atoms with Crippen molar-refractivity contribution in [3.8, 4) is 0 Å². The minimum atomic E-state index is -0.387. The van der Waals surface area contributed by atoms with Gasteiger partial charge in [0.05, 0.1) is 5.41 Å². The van der Waals surface area contributed by atoms with Crippen molar-refractivity contribution in [2.24, 2.45) is 0 Å². The third kappa shape index (κ3) is 1.41. The molecule has 1 heterocycles. The molecule has 0 bridgehead atoms. The molecule has 0 saturated heterocycles. The van der Waals surface area contributed by atoms with E-state index in [1.54, 1.807) is 0 Å². The highest BCUT2D eigenvalue weighted by Crippen LogP contribution is 2.65. The monoisotopic (exact) mass is 269 g/mol. The van der Waals surface area contributed by atoms with E-state index < -0.39 is 0 Å². The molecule has 1 N–H and O–H groups in total. The van der Waals surface area contributed by atoms with Gasteiger partial charge in [0.25, 0.3) is 0 Å². The molecule has 2 aromatic carbocycles. The summed E-state index contributed by atoms with van der Waals surface area (Å²) in [6.07, 6.45) is 0.871. The normalized spacial score (nSPS) is 27.2. The van der Waals surface area contributed by atoms with Gasteiger partial charge in [0.15, 0.2) is 0 Å². The number of amides is 1. The molecule has 0 aromatic heterocycles. The number of hydrogen-bond acceptors (Lipinski definition) is 1. The predicted molar refractivity (Wildman–Crippen MR) is 75.6 cm³/mol. The lowest BCUT2D eigenvalue weighted by Gasteiger charge is -2.08. The predicted octanol–water partition coefficient (Wildman–Crippen LogP) is 3.72. The van der Waals surface area contributed by atoms with Crippen LogP contribution in [0.15, 0.2) is 48.5 Å². The standard InChI is InChI=1S/C16H12ClNO/c17-11-6-7-14-12(8-11)16(15(19)18-14)9-13(16)10-4-2-1-3-5-10/h1-8,13H,9H2,(H,18,19)/t13-,16-/m1/s1. The summed E-state index contributed by atoms with van der Waals surface area (Å²) in [4.78, 5) is 12.4. The lowest BCUT2D eigenvalue weighted by atomic mass is 9.92. The zero-order valence-corrected chi connectivity index (χ0v) is 10.9. The Morgan fingerprint density at radius 3 is 2.74 bits per heavy atom. The Hall–Kier alpha value is -1.80. The van der Waals surface area contributed by atoms with Crippen molar-refractivity contribution >= 4 is 23.2 Å². The average Bonchev–Trinajstić information content (AvgIpc) is 3.12. The Morgan fingerprint density at radius 1 is 1.16 bits per heavy atom. The molecule has 2 aliphatic rings. The molecule has 94 valence electrons. The Kier molecular flexibility index (Phi) is 2.10. The second-order valence-electron chi connectivity index (χ2n) is 5.28. The smallest absolute Gasteiger partial charge is 0.235 e. The van der Waals surface area contributed by atoms with Crippen molar-refractivity contribution in [2.75, 3.05) is 5.32 Å². The lowest BCUT2D eigenvalue weighted by molar-refractivity contribution is -0.118. The van der Waals surface area contributed by atoms with Crippen LogP contribution in [0.1, 0.15) is 23.5 Å². The summed E-state index contributed by atoms with van der Waals surface area (Å²) in [5, 5.41) is 3.67. The maximum Gasteiger partial charge on any atom is 0.235 e. The van der Waals surface area contributed by atoms with Crippen molar-refractivity contribution < 1.29 is 4.79 Å². The molecule has 1 fully saturated rings. The molecule has 3 heteroatoms. The number of rotatable bonds is 1. The second-order valence-corrected chi connectivity index (χ2v) is 5.72. The van der Waals surface area contributed by atoms with E-state index in [-0.39, 0.29) is 17.2 Å². The van der Waals surface area contributed by atoms with E-state index in [2.05, 4.69) is 17.4 Å². The highest BCUT2D eigenvalue weighted by atomic mass is 35.5. The van der Waals surface area contributed by atoms with E-state index in [0.29, 0.717) is 5.02 Å². The number of fused-ring (bicyclic) bond motifs is 2. The number of nitrogens with one attached hydrogen (secondary N) is 1. The van der Waals surface area contributed by atoms with Crippen LogP contribution in [-0.4, -0.2) is 5.91 Å². The summed E-state index contributed by atoms with van der Waals surface area (Å²) < 4.78 is 0. The van der Waals surface area contributed by atoms with Crippen LogP contribution in [0.2, 0.25) is 5.02 Å². The topological polar surface area (TPSA) is 29.1 Å². The Balaban J connectivity index is 1.82. The van der Waals surface area contributed by atoms with Crippen molar-refractivity contribution in [3.63, 3.8) is 0 Å². The highest BCUT2D eigenvalue weighted by molar-refractivity contribution is 6.31. The van der Waals surface area contributed by atoms with Gasteiger partial charge in [-0.25, -0.2) is 0 Å². The van der Waals surface area contributed by atoms with Gasteiger partial charge in [-0.2, -0.15) is 0 Å². The van der Waals surface area contributed by atoms with Crippen LogP contribution >= 0.6 is 11.6 Å². The van der Waals surface area contributed by atoms with E-state index in [1.165, 1.54) is 5.56 Å². The Labute approximate surface area is 116 Å². The van der Waals surface area contributed by atoms with E-state index in [4.69, 9.17) is 11.6 Å². The van der Waals surface area contributed by atoms with Crippen LogP contribution in [-0.2, 0) is 10.2 Å². The van der Waals surface area contributed by atoms with Gasteiger partial charge in [-0.1, -0.05) is 41.9 Å². The lowest BCUT2D eigenvalue weighted by Crippen LogP contribution is -2.20. The van der Waals surface area contributed by atoms with Crippen molar-refractivity contribution in [1.82, 2.24) is 0 Å². The molecule has 1 aliphatic carbocycles. The first-order chi connectivity index (χ1) is 9.22. The summed E-state index contributed by atoms with van der Waals surface area (Å²) in [5.41, 5.74) is 2.80. The van der Waals surface area contributed by atoms with E-state index in [0.717, 1.165) is 17.7 Å². The molecule has 19 heavy (non-hydrogen) atoms. The fourth-order valence-electron chi connectivity index (χ4n) is 3.25. The maximum absolute atomic E-state index is 12.4. The number of halogens is 1. The van der Waals surface area contributed by atoms with Gasteiger partial charge in [0.1, 0.15) is 0 Å². The molecular weight excluding hydrogens is 258 g/mol. The molecule has 2 nitrogen and oxygen atoms in total. The quantitative estimate of drug-likeness (QED) is 0.840. The summed E-state index contributed by atoms with van der Waals surface area (Å²) in [6.45, 7) is 0. The fourth-order valence-corrected chi connectivity index (χ4v) is 3.42. The van der Waals surface area contributed by atoms with Crippen LogP contribution in [0, 0.1) is 0 Å². The molecule has 1 aliphatic heterocycles. The van der Waals surface area contributed by atoms with Gasteiger partial charge in [0, 0.05) is 16.6 Å². The summed E-state index contributed by atoms with van der Waals surface area (Å²) in [7, 11) is 0. The molecule has 2 atom stereocenters. The first-order valence-electron chi connectivity index (χ1n) is 6.38. The van der Waals surface area contributed by atoms with Crippen LogP contribution in [0.25, 0.3) is 0 Å². The van der Waals surface area contributed by atoms with Crippen molar-refractivity contribution in [2.45, 2.75) is 17.8 Å². The minimum Gasteiger partial charge on any atom is -0.325 e. The van der Waals surface area contributed by atoms with Gasteiger partial charge in [-0.3, -0.25) is 4.79 Å². The van der Waals surface area contributed by atoms with Crippen molar-refractivity contribution in [3.05, 3.63) is 64.7 Å². The van der Waals surface area contributed by atoms with Gasteiger partial charge in [-0.15, -0.1) is 0 Å². The summed E-state index contributed by atoms with van der Waals surface area (Å²) in [5.74, 6) is 0.382. The third-order valence-electron chi connectivity index (χ3n) is 4.28. The maximum atomic E-state index is 12.4. The second kappa shape index (κ2) is 3.61. The Morgan fingerprint density at radius 2 is 1.95 bits per heavy atom.